The Kier molecular flexibility index (Phi) is 9.87. The second-order valence-corrected chi connectivity index (χ2v) is 11.7. The van der Waals surface area contributed by atoms with Gasteiger partial charge in [0, 0.05) is 43.3 Å². The van der Waals surface area contributed by atoms with E-state index < -0.39 is 94.0 Å². The van der Waals surface area contributed by atoms with Crippen molar-refractivity contribution in [2.75, 3.05) is 26.2 Å². The molecule has 0 bridgehead atoms. The molecule has 48 heavy (non-hydrogen) atoms. The van der Waals surface area contributed by atoms with Gasteiger partial charge in [-0.1, -0.05) is 17.7 Å². The largest absolute Gasteiger partial charge is 0.547 e. The first kappa shape index (κ1) is 34.1. The highest BCUT2D eigenvalue weighted by Gasteiger charge is 2.42. The van der Waals surface area contributed by atoms with Crippen LogP contribution in [0.4, 0.5) is 18.4 Å². The molecule has 5 rings (SSSR count). The lowest BCUT2D eigenvalue weighted by Crippen LogP contribution is -2.56. The summed E-state index contributed by atoms with van der Waals surface area (Å²) in [5, 5.41) is 48.2. The van der Waals surface area contributed by atoms with Gasteiger partial charge in [-0.05, 0) is 24.1 Å². The molecule has 7 N–H and O–H groups in total. The number of hydrogen-bond donors (Lipinski definition) is 7. The lowest BCUT2D eigenvalue weighted by atomic mass is 9.72. The number of nitrogens with zero attached hydrogens (tertiary/aromatic N) is 3. The summed E-state index contributed by atoms with van der Waals surface area (Å²) in [5.74, 6) is -10.0. The van der Waals surface area contributed by atoms with Crippen molar-refractivity contribution in [3.05, 3.63) is 68.1 Å². The average molecular weight is 709 g/mol. The minimum absolute atomic E-state index is 0.0149. The average Bonchev–Trinajstić information content (AvgIpc) is 3.71. The van der Waals surface area contributed by atoms with E-state index in [0.29, 0.717) is 6.07 Å². The number of thiazole rings is 1. The quantitative estimate of drug-likeness (QED) is 0.124. The summed E-state index contributed by atoms with van der Waals surface area (Å²) in [7, 11) is -1.93. The fraction of sp³-hybridized carbons (Fsp3) is 0.259. The van der Waals surface area contributed by atoms with Gasteiger partial charge < -0.3 is 45.8 Å². The maximum absolute atomic E-state index is 14.5. The summed E-state index contributed by atoms with van der Waals surface area (Å²) in [6, 6.07) is -1.29. The number of halogens is 3. The van der Waals surface area contributed by atoms with Crippen molar-refractivity contribution >= 4 is 59.9 Å². The number of aromatic carboxylic acids is 1. The van der Waals surface area contributed by atoms with Gasteiger partial charge in [0.15, 0.2) is 22.3 Å². The van der Waals surface area contributed by atoms with Gasteiger partial charge in [-0.25, -0.2) is 33.0 Å². The van der Waals surface area contributed by atoms with Crippen molar-refractivity contribution in [2.45, 2.75) is 18.4 Å². The minimum atomic E-state index is -1.96. The number of imide groups is 1. The number of aromatic hydroxyl groups is 2. The Labute approximate surface area is 278 Å². The molecule has 6 amide bonds. The number of rotatable bonds is 9. The number of amides is 6. The number of carbonyl (C=O) groups excluding carboxylic acids is 4. The van der Waals surface area contributed by atoms with E-state index in [-0.39, 0.29) is 43.2 Å². The number of aromatic nitrogens is 1. The van der Waals surface area contributed by atoms with Gasteiger partial charge in [-0.3, -0.25) is 9.59 Å². The van der Waals surface area contributed by atoms with E-state index in [1.807, 2.05) is 0 Å². The smallest absolute Gasteiger partial charge is 0.534 e. The third kappa shape index (κ3) is 6.76. The standard InChI is InChI=1S/C27H24BClF2N6O10S/c29-17-12(10-14(31)19(38)20(17)39)18(22(40)34-15-9-11-1-2-13(30)16(25(42)43)21(11)47-28(15)46)35-26(44)37-7-6-36(27(37)45)5-3-32-23(41)24-33-4-8-48-24/h1-2,4,8,10,15,18,38-39,46H,3,5-7,9H2,(H,32,41)(H,34,40)(H,35,44)(H,42,43)/t15-,18?/m0/s1. The summed E-state index contributed by atoms with van der Waals surface area (Å²) >= 11 is 7.25. The topological polar surface area (TPSA) is 231 Å². The third-order valence-corrected chi connectivity index (χ3v) is 8.59. The van der Waals surface area contributed by atoms with E-state index >= 15 is 0 Å². The molecule has 0 aliphatic carbocycles. The fourth-order valence-electron chi connectivity index (χ4n) is 5.04. The van der Waals surface area contributed by atoms with E-state index in [2.05, 4.69) is 20.9 Å². The highest BCUT2D eigenvalue weighted by atomic mass is 35.5. The van der Waals surface area contributed by atoms with Crippen molar-refractivity contribution in [1.29, 1.82) is 0 Å². The van der Waals surface area contributed by atoms with Crippen molar-refractivity contribution in [3.63, 3.8) is 0 Å². The van der Waals surface area contributed by atoms with Crippen LogP contribution in [-0.2, 0) is 11.2 Å². The molecule has 2 aliphatic heterocycles. The van der Waals surface area contributed by atoms with Gasteiger partial charge in [-0.2, -0.15) is 0 Å². The van der Waals surface area contributed by atoms with Gasteiger partial charge in [-0.15, -0.1) is 11.3 Å². The van der Waals surface area contributed by atoms with E-state index in [1.165, 1.54) is 17.2 Å². The third-order valence-electron chi connectivity index (χ3n) is 7.42. The van der Waals surface area contributed by atoms with E-state index in [0.717, 1.165) is 22.3 Å². The molecule has 1 aromatic heterocycles. The first-order valence-corrected chi connectivity index (χ1v) is 15.2. The highest BCUT2D eigenvalue weighted by molar-refractivity contribution is 7.11. The second kappa shape index (κ2) is 13.9. The first-order valence-electron chi connectivity index (χ1n) is 13.9. The highest BCUT2D eigenvalue weighted by Crippen LogP contribution is 2.40. The SMILES string of the molecule is O=C(NCCN1CCN(C(=O)NC(C(=O)N[C@H]2Cc3ccc(F)c(C(=O)O)c3OB2O)c2cc(F)c(O)c(O)c2Cl)C1=O)c1nccs1. The number of carboxylic acid groups (broad SMARTS) is 1. The van der Waals surface area contributed by atoms with Crippen LogP contribution in [-0.4, -0.2) is 104 Å². The van der Waals surface area contributed by atoms with Gasteiger partial charge in [0.05, 0.1) is 11.0 Å². The molecule has 252 valence electrons. The number of nitrogens with one attached hydrogen (secondary N) is 3. The van der Waals surface area contributed by atoms with Crippen molar-refractivity contribution in [2.24, 2.45) is 0 Å². The van der Waals surface area contributed by atoms with E-state index in [1.54, 1.807) is 5.38 Å². The molecule has 3 aromatic rings. The molecule has 21 heteroatoms. The van der Waals surface area contributed by atoms with Crippen LogP contribution in [0.3, 0.4) is 0 Å². The molecule has 2 aliphatic rings. The van der Waals surface area contributed by atoms with Crippen LogP contribution in [0.25, 0.3) is 0 Å². The molecule has 0 radical (unpaired) electrons. The molecular weight excluding hydrogens is 685 g/mol. The molecule has 1 unspecified atom stereocenters. The molecule has 2 atom stereocenters. The number of phenols is 2. The number of carboxylic acids is 1. The number of fused-ring (bicyclic) bond motifs is 1. The zero-order valence-corrected chi connectivity index (χ0v) is 25.8. The molecule has 1 saturated heterocycles. The monoisotopic (exact) mass is 708 g/mol. The predicted molar refractivity (Wildman–Crippen MR) is 162 cm³/mol. The van der Waals surface area contributed by atoms with Gasteiger partial charge in [0.25, 0.3) is 5.91 Å². The summed E-state index contributed by atoms with van der Waals surface area (Å²) in [6.45, 7) is -0.0603. The van der Waals surface area contributed by atoms with E-state index in [4.69, 9.17) is 16.3 Å². The Balaban J connectivity index is 1.33. The molecule has 3 heterocycles. The zero-order chi connectivity index (χ0) is 34.9. The summed E-state index contributed by atoms with van der Waals surface area (Å²) < 4.78 is 33.9. The maximum atomic E-state index is 14.5. The second-order valence-electron chi connectivity index (χ2n) is 10.4. The molecule has 2 aromatic carbocycles. The van der Waals surface area contributed by atoms with Crippen molar-refractivity contribution in [1.82, 2.24) is 30.7 Å². The van der Waals surface area contributed by atoms with Gasteiger partial charge >= 0.3 is 25.1 Å². The van der Waals surface area contributed by atoms with Crippen molar-refractivity contribution < 1.29 is 57.8 Å². The lowest BCUT2D eigenvalue weighted by molar-refractivity contribution is -0.123. The van der Waals surface area contributed by atoms with Gasteiger partial charge in [0.2, 0.25) is 5.91 Å². The Bertz CT molecular complexity index is 1800. The number of hydrogen-bond acceptors (Lipinski definition) is 11. The van der Waals surface area contributed by atoms with Crippen LogP contribution in [0.15, 0.2) is 29.8 Å². The Morgan fingerprint density at radius 1 is 1.17 bits per heavy atom. The summed E-state index contributed by atoms with van der Waals surface area (Å²) in [5.41, 5.74) is -1.29. The minimum Gasteiger partial charge on any atom is -0.534 e. The normalized spacial score (nSPS) is 16.2. The van der Waals surface area contributed by atoms with Crippen LogP contribution in [0.2, 0.25) is 5.02 Å². The molecule has 0 spiro atoms. The fourth-order valence-corrected chi connectivity index (χ4v) is 5.84. The predicted octanol–water partition coefficient (Wildman–Crippen LogP) is 1.24. The summed E-state index contributed by atoms with van der Waals surface area (Å²) in [4.78, 5) is 69.5. The van der Waals surface area contributed by atoms with E-state index in [9.17, 15) is 53.1 Å². The van der Waals surface area contributed by atoms with Crippen LogP contribution in [0.5, 0.6) is 17.2 Å². The number of phenolic OH excluding ortho intramolecular Hbond substituents is 2. The zero-order valence-electron chi connectivity index (χ0n) is 24.3. The summed E-state index contributed by atoms with van der Waals surface area (Å²) in [6.07, 6.45) is 1.17. The van der Waals surface area contributed by atoms with Crippen LogP contribution >= 0.6 is 22.9 Å². The number of urea groups is 2. The Hall–Kier alpha value is -5.21. The molecule has 16 nitrogen and oxygen atoms in total. The van der Waals surface area contributed by atoms with Crippen LogP contribution in [0.1, 0.15) is 37.3 Å². The van der Waals surface area contributed by atoms with Crippen molar-refractivity contribution in [3.8, 4) is 17.2 Å². The number of carbonyl (C=O) groups is 5. The lowest BCUT2D eigenvalue weighted by Gasteiger charge is -2.31. The Morgan fingerprint density at radius 2 is 1.92 bits per heavy atom. The molecule has 1 fully saturated rings. The first-order chi connectivity index (χ1) is 22.8. The molecule has 0 saturated carbocycles. The van der Waals surface area contributed by atoms with Crippen LogP contribution in [0, 0.1) is 11.6 Å². The Morgan fingerprint density at radius 3 is 2.60 bits per heavy atom. The van der Waals surface area contributed by atoms with Gasteiger partial charge in [0.1, 0.15) is 23.2 Å². The number of benzene rings is 2. The van der Waals surface area contributed by atoms with Crippen LogP contribution < -0.4 is 20.6 Å². The maximum Gasteiger partial charge on any atom is 0.547 e. The molecular formula is C27H24BClF2N6O10S.